The predicted octanol–water partition coefficient (Wildman–Crippen LogP) is 1.03. The van der Waals surface area contributed by atoms with Crippen LogP contribution in [-0.4, -0.2) is 44.0 Å². The highest BCUT2D eigenvalue weighted by molar-refractivity contribution is 7.90. The van der Waals surface area contributed by atoms with Crippen molar-refractivity contribution < 1.29 is 23.1 Å². The minimum Gasteiger partial charge on any atom is -0.481 e. The Hall–Kier alpha value is -1.89. The Labute approximate surface area is 123 Å². The lowest BCUT2D eigenvalue weighted by Gasteiger charge is -2.17. The maximum atomic E-state index is 12.2. The molecule has 1 amide bonds. The lowest BCUT2D eigenvalue weighted by atomic mass is 9.98. The van der Waals surface area contributed by atoms with E-state index in [1.807, 2.05) is 6.07 Å². The first-order chi connectivity index (χ1) is 9.78. The van der Waals surface area contributed by atoms with Crippen molar-refractivity contribution >= 4 is 27.4 Å². The summed E-state index contributed by atoms with van der Waals surface area (Å²) in [6.45, 7) is 0.286. The number of sulfone groups is 1. The van der Waals surface area contributed by atoms with Crippen molar-refractivity contribution in [2.24, 2.45) is 0 Å². The number of fused-ring (bicyclic) bond motifs is 1. The highest BCUT2D eigenvalue weighted by atomic mass is 32.2. The molecule has 1 atom stereocenters. The minimum atomic E-state index is -3.20. The van der Waals surface area contributed by atoms with Crippen LogP contribution < -0.4 is 4.90 Å². The van der Waals surface area contributed by atoms with Crippen LogP contribution in [0.2, 0.25) is 0 Å². The fourth-order valence-corrected chi connectivity index (χ4v) is 3.07. The Bertz CT molecular complexity index is 668. The van der Waals surface area contributed by atoms with Gasteiger partial charge < -0.3 is 10.0 Å². The molecule has 2 rings (SSSR count). The highest BCUT2D eigenvalue weighted by Gasteiger charge is 2.33. The molecular weight excluding hydrogens is 294 g/mol. The minimum absolute atomic E-state index is 0.0487. The van der Waals surface area contributed by atoms with Crippen LogP contribution in [0, 0.1) is 0 Å². The van der Waals surface area contributed by atoms with E-state index < -0.39 is 15.8 Å². The summed E-state index contributed by atoms with van der Waals surface area (Å²) in [6, 6.07) is 7.15. The van der Waals surface area contributed by atoms with Crippen LogP contribution in [0.25, 0.3) is 0 Å². The second-order valence-electron chi connectivity index (χ2n) is 5.24. The normalized spacial score (nSPS) is 17.6. The second-order valence-corrected chi connectivity index (χ2v) is 7.50. The van der Waals surface area contributed by atoms with Crippen molar-refractivity contribution in [1.29, 1.82) is 0 Å². The lowest BCUT2D eigenvalue weighted by Crippen LogP contribution is -2.31. The van der Waals surface area contributed by atoms with Crippen LogP contribution in [0.1, 0.15) is 24.3 Å². The van der Waals surface area contributed by atoms with Crippen molar-refractivity contribution in [3.8, 4) is 0 Å². The van der Waals surface area contributed by atoms with Gasteiger partial charge in [-0.25, -0.2) is 8.42 Å². The monoisotopic (exact) mass is 311 g/mol. The average Bonchev–Trinajstić information content (AvgIpc) is 2.74. The molecule has 0 saturated carbocycles. The van der Waals surface area contributed by atoms with Crippen LogP contribution in [0.4, 0.5) is 5.69 Å². The van der Waals surface area contributed by atoms with Gasteiger partial charge in [-0.05, 0) is 11.6 Å². The summed E-state index contributed by atoms with van der Waals surface area (Å²) >= 11 is 0. The summed E-state index contributed by atoms with van der Waals surface area (Å²) in [5.74, 6) is -1.66. The van der Waals surface area contributed by atoms with Gasteiger partial charge in [0.15, 0.2) is 0 Å². The molecule has 0 fully saturated rings. The summed E-state index contributed by atoms with van der Waals surface area (Å²) < 4.78 is 22.3. The summed E-state index contributed by atoms with van der Waals surface area (Å²) in [6.07, 6.45) is 0.950. The third-order valence-corrected chi connectivity index (χ3v) is 4.42. The standard InChI is InChI=1S/C14H17NO5S/c1-21(19,20)7-6-13(16)15-9-10(8-14(17)18)11-4-2-3-5-12(11)15/h2-5,10H,6-9H2,1H3,(H,17,18). The zero-order valence-corrected chi connectivity index (χ0v) is 12.5. The molecule has 1 aliphatic heterocycles. The van der Waals surface area contributed by atoms with E-state index in [1.165, 1.54) is 4.90 Å². The Morgan fingerprint density at radius 2 is 2.00 bits per heavy atom. The Balaban J connectivity index is 2.18. The second kappa shape index (κ2) is 5.85. The van der Waals surface area contributed by atoms with Gasteiger partial charge in [-0.3, -0.25) is 9.59 Å². The number of carbonyl (C=O) groups excluding carboxylic acids is 1. The number of hydrogen-bond donors (Lipinski definition) is 1. The number of rotatable bonds is 5. The summed E-state index contributed by atoms with van der Waals surface area (Å²) in [5.41, 5.74) is 1.51. The first-order valence-corrected chi connectivity index (χ1v) is 8.63. The fraction of sp³-hybridized carbons (Fsp3) is 0.429. The molecule has 1 heterocycles. The van der Waals surface area contributed by atoms with Gasteiger partial charge in [-0.15, -0.1) is 0 Å². The van der Waals surface area contributed by atoms with Gasteiger partial charge in [-0.2, -0.15) is 0 Å². The lowest BCUT2D eigenvalue weighted by molar-refractivity contribution is -0.137. The molecule has 114 valence electrons. The molecule has 1 aromatic carbocycles. The first kappa shape index (κ1) is 15.5. The van der Waals surface area contributed by atoms with Gasteiger partial charge in [-0.1, -0.05) is 18.2 Å². The van der Waals surface area contributed by atoms with Crippen molar-refractivity contribution in [3.05, 3.63) is 29.8 Å². The van der Waals surface area contributed by atoms with Crippen LogP contribution in [-0.2, 0) is 19.4 Å². The van der Waals surface area contributed by atoms with Crippen molar-refractivity contribution in [2.75, 3.05) is 23.5 Å². The first-order valence-electron chi connectivity index (χ1n) is 6.57. The molecule has 1 aromatic rings. The van der Waals surface area contributed by atoms with Crippen LogP contribution >= 0.6 is 0 Å². The topological polar surface area (TPSA) is 91.8 Å². The molecule has 0 aliphatic carbocycles. The molecule has 1 unspecified atom stereocenters. The van der Waals surface area contributed by atoms with Gasteiger partial charge in [0, 0.05) is 30.8 Å². The molecule has 21 heavy (non-hydrogen) atoms. The molecule has 1 aliphatic rings. The molecule has 0 aromatic heterocycles. The Morgan fingerprint density at radius 1 is 1.33 bits per heavy atom. The number of carboxylic acid groups (broad SMARTS) is 1. The highest BCUT2D eigenvalue weighted by Crippen LogP contribution is 2.38. The summed E-state index contributed by atoms with van der Waals surface area (Å²) in [5, 5.41) is 8.95. The molecular formula is C14H17NO5S. The van der Waals surface area contributed by atoms with Crippen molar-refractivity contribution in [2.45, 2.75) is 18.8 Å². The number of hydrogen-bond acceptors (Lipinski definition) is 4. The third-order valence-electron chi connectivity index (χ3n) is 3.48. The predicted molar refractivity (Wildman–Crippen MR) is 78.1 cm³/mol. The van der Waals surface area contributed by atoms with Crippen LogP contribution in [0.3, 0.4) is 0 Å². The van der Waals surface area contributed by atoms with Crippen LogP contribution in [0.5, 0.6) is 0 Å². The largest absolute Gasteiger partial charge is 0.481 e. The number of anilines is 1. The molecule has 1 N–H and O–H groups in total. The number of para-hydroxylation sites is 1. The number of carbonyl (C=O) groups is 2. The average molecular weight is 311 g/mol. The van der Waals surface area contributed by atoms with Crippen molar-refractivity contribution in [3.63, 3.8) is 0 Å². The number of amides is 1. The summed E-state index contributed by atoms with van der Waals surface area (Å²) in [7, 11) is -3.20. The maximum absolute atomic E-state index is 12.2. The van der Waals surface area contributed by atoms with Gasteiger partial charge in [0.1, 0.15) is 9.84 Å². The quantitative estimate of drug-likeness (QED) is 0.876. The van der Waals surface area contributed by atoms with Crippen LogP contribution in [0.15, 0.2) is 24.3 Å². The zero-order valence-electron chi connectivity index (χ0n) is 11.7. The van der Waals surface area contributed by atoms with E-state index in [0.29, 0.717) is 5.69 Å². The van der Waals surface area contributed by atoms with E-state index >= 15 is 0 Å². The van der Waals surface area contributed by atoms with E-state index in [0.717, 1.165) is 11.8 Å². The number of aliphatic carboxylic acids is 1. The van der Waals surface area contributed by atoms with E-state index in [9.17, 15) is 18.0 Å². The molecule has 7 heteroatoms. The number of nitrogens with zero attached hydrogens (tertiary/aromatic N) is 1. The van der Waals surface area contributed by atoms with E-state index in [1.54, 1.807) is 18.2 Å². The molecule has 0 radical (unpaired) electrons. The molecule has 0 spiro atoms. The van der Waals surface area contributed by atoms with Gasteiger partial charge >= 0.3 is 5.97 Å². The smallest absolute Gasteiger partial charge is 0.304 e. The fourth-order valence-electron chi connectivity index (χ4n) is 2.52. The van der Waals surface area contributed by atoms with Gasteiger partial charge in [0.25, 0.3) is 0 Å². The van der Waals surface area contributed by atoms with E-state index in [4.69, 9.17) is 5.11 Å². The third kappa shape index (κ3) is 3.81. The van der Waals surface area contributed by atoms with Crippen molar-refractivity contribution in [1.82, 2.24) is 0 Å². The maximum Gasteiger partial charge on any atom is 0.304 e. The Morgan fingerprint density at radius 3 is 2.62 bits per heavy atom. The van der Waals surface area contributed by atoms with E-state index in [2.05, 4.69) is 0 Å². The zero-order chi connectivity index (χ0) is 15.6. The van der Waals surface area contributed by atoms with Gasteiger partial charge in [0.2, 0.25) is 5.91 Å². The van der Waals surface area contributed by atoms with Gasteiger partial charge in [0.05, 0.1) is 12.2 Å². The number of benzene rings is 1. The Kier molecular flexibility index (Phi) is 4.32. The molecule has 0 bridgehead atoms. The SMILES string of the molecule is CS(=O)(=O)CCC(=O)N1CC(CC(=O)O)c2ccccc21. The number of carboxylic acids is 1. The summed E-state index contributed by atoms with van der Waals surface area (Å²) in [4.78, 5) is 24.6. The van der Waals surface area contributed by atoms with E-state index in [-0.39, 0.29) is 37.0 Å². The molecule has 0 saturated heterocycles. The molecule has 6 nitrogen and oxygen atoms in total.